The van der Waals surface area contributed by atoms with Gasteiger partial charge < -0.3 is 10.6 Å². The smallest absolute Gasteiger partial charge is 0.275 e. The number of carbonyl (C=O) groups is 1. The van der Waals surface area contributed by atoms with E-state index in [1.54, 1.807) is 0 Å². The Balaban J connectivity index is 1.45. The van der Waals surface area contributed by atoms with E-state index in [0.717, 1.165) is 36.6 Å². The SMILES string of the molecule is O=C(Nc1ccc2c(c1)CCNC2)c1csc(Cc2ccccc2)n1. The molecule has 2 heterocycles. The van der Waals surface area contributed by atoms with E-state index in [1.807, 2.05) is 29.6 Å². The van der Waals surface area contributed by atoms with Crippen LogP contribution in [-0.2, 0) is 19.4 Å². The molecule has 25 heavy (non-hydrogen) atoms. The molecule has 0 saturated carbocycles. The lowest BCUT2D eigenvalue weighted by atomic mass is 10.0. The van der Waals surface area contributed by atoms with E-state index < -0.39 is 0 Å². The molecule has 2 aromatic carbocycles. The van der Waals surface area contributed by atoms with Crippen molar-refractivity contribution in [1.82, 2.24) is 10.3 Å². The maximum atomic E-state index is 12.5. The molecule has 0 radical (unpaired) electrons. The minimum absolute atomic E-state index is 0.149. The molecular formula is C20H19N3OS. The van der Waals surface area contributed by atoms with Crippen LogP contribution in [0.2, 0.25) is 0 Å². The number of nitrogens with one attached hydrogen (secondary N) is 2. The van der Waals surface area contributed by atoms with Gasteiger partial charge in [0.15, 0.2) is 0 Å². The number of nitrogens with zero attached hydrogens (tertiary/aromatic N) is 1. The van der Waals surface area contributed by atoms with E-state index in [-0.39, 0.29) is 5.91 Å². The van der Waals surface area contributed by atoms with Gasteiger partial charge in [0, 0.05) is 24.0 Å². The topological polar surface area (TPSA) is 54.0 Å². The highest BCUT2D eigenvalue weighted by Crippen LogP contribution is 2.20. The highest BCUT2D eigenvalue weighted by atomic mass is 32.1. The van der Waals surface area contributed by atoms with Crippen LogP contribution in [0.5, 0.6) is 0 Å². The molecule has 0 spiro atoms. The maximum Gasteiger partial charge on any atom is 0.275 e. The van der Waals surface area contributed by atoms with Gasteiger partial charge in [0.05, 0.1) is 5.01 Å². The van der Waals surface area contributed by atoms with Gasteiger partial charge in [-0.3, -0.25) is 4.79 Å². The second-order valence-corrected chi connectivity index (χ2v) is 7.10. The summed E-state index contributed by atoms with van der Waals surface area (Å²) in [6.07, 6.45) is 1.75. The Morgan fingerprint density at radius 1 is 1.16 bits per heavy atom. The third-order valence-corrected chi connectivity index (χ3v) is 5.18. The molecule has 3 aromatic rings. The second kappa shape index (κ2) is 7.17. The first-order valence-corrected chi connectivity index (χ1v) is 9.28. The summed E-state index contributed by atoms with van der Waals surface area (Å²) in [6.45, 7) is 1.89. The normalized spacial score (nSPS) is 13.3. The Hall–Kier alpha value is -2.50. The summed E-state index contributed by atoms with van der Waals surface area (Å²) in [5.74, 6) is -0.149. The van der Waals surface area contributed by atoms with E-state index in [1.165, 1.54) is 28.0 Å². The van der Waals surface area contributed by atoms with Crippen molar-refractivity contribution in [3.05, 3.63) is 81.3 Å². The predicted octanol–water partition coefficient (Wildman–Crippen LogP) is 3.63. The molecule has 1 aliphatic rings. The summed E-state index contributed by atoms with van der Waals surface area (Å²) in [7, 11) is 0. The van der Waals surface area contributed by atoms with Crippen LogP contribution in [0.3, 0.4) is 0 Å². The number of hydrogen-bond donors (Lipinski definition) is 2. The molecule has 1 aliphatic heterocycles. The Labute approximate surface area is 150 Å². The summed E-state index contributed by atoms with van der Waals surface area (Å²) in [5, 5.41) is 9.11. The number of carbonyl (C=O) groups excluding carboxylic acids is 1. The van der Waals surface area contributed by atoms with Crippen LogP contribution in [-0.4, -0.2) is 17.4 Å². The Kier molecular flexibility index (Phi) is 4.59. The Morgan fingerprint density at radius 2 is 2.04 bits per heavy atom. The van der Waals surface area contributed by atoms with Gasteiger partial charge in [-0.2, -0.15) is 0 Å². The second-order valence-electron chi connectivity index (χ2n) is 6.15. The summed E-state index contributed by atoms with van der Waals surface area (Å²) >= 11 is 1.53. The minimum Gasteiger partial charge on any atom is -0.321 e. The average molecular weight is 349 g/mol. The van der Waals surface area contributed by atoms with Crippen LogP contribution >= 0.6 is 11.3 Å². The molecule has 0 aliphatic carbocycles. The summed E-state index contributed by atoms with van der Waals surface area (Å²) in [5.41, 5.74) is 5.13. The first-order valence-electron chi connectivity index (χ1n) is 8.40. The van der Waals surface area contributed by atoms with Gasteiger partial charge in [-0.1, -0.05) is 36.4 Å². The van der Waals surface area contributed by atoms with Crippen LogP contribution in [0.25, 0.3) is 0 Å². The fourth-order valence-corrected chi connectivity index (χ4v) is 3.83. The molecule has 0 atom stereocenters. The molecule has 0 saturated heterocycles. The van der Waals surface area contributed by atoms with Crippen LogP contribution in [0, 0.1) is 0 Å². The zero-order valence-electron chi connectivity index (χ0n) is 13.8. The van der Waals surface area contributed by atoms with Crippen molar-refractivity contribution >= 4 is 22.9 Å². The molecule has 5 heteroatoms. The first-order chi connectivity index (χ1) is 12.3. The maximum absolute atomic E-state index is 12.5. The fraction of sp³-hybridized carbons (Fsp3) is 0.200. The minimum atomic E-state index is -0.149. The van der Waals surface area contributed by atoms with Crippen molar-refractivity contribution in [2.24, 2.45) is 0 Å². The van der Waals surface area contributed by atoms with E-state index >= 15 is 0 Å². The van der Waals surface area contributed by atoms with Gasteiger partial charge in [-0.15, -0.1) is 11.3 Å². The Morgan fingerprint density at radius 3 is 2.92 bits per heavy atom. The van der Waals surface area contributed by atoms with Gasteiger partial charge in [0.25, 0.3) is 5.91 Å². The van der Waals surface area contributed by atoms with Gasteiger partial charge in [-0.05, 0) is 41.8 Å². The lowest BCUT2D eigenvalue weighted by Crippen LogP contribution is -2.23. The highest BCUT2D eigenvalue weighted by Gasteiger charge is 2.13. The summed E-state index contributed by atoms with van der Waals surface area (Å²) in [4.78, 5) is 17.0. The van der Waals surface area contributed by atoms with E-state index in [9.17, 15) is 4.79 Å². The van der Waals surface area contributed by atoms with Crippen molar-refractivity contribution in [2.45, 2.75) is 19.4 Å². The highest BCUT2D eigenvalue weighted by molar-refractivity contribution is 7.09. The number of hydrogen-bond acceptors (Lipinski definition) is 4. The molecular weight excluding hydrogens is 330 g/mol. The van der Waals surface area contributed by atoms with Crippen LogP contribution in [0.15, 0.2) is 53.9 Å². The molecule has 1 aromatic heterocycles. The molecule has 0 bridgehead atoms. The fourth-order valence-electron chi connectivity index (χ4n) is 3.02. The quantitative estimate of drug-likeness (QED) is 0.756. The molecule has 4 nitrogen and oxygen atoms in total. The van der Waals surface area contributed by atoms with E-state index in [4.69, 9.17) is 0 Å². The number of thiazole rings is 1. The van der Waals surface area contributed by atoms with Crippen molar-refractivity contribution in [3.63, 3.8) is 0 Å². The number of amides is 1. The molecule has 0 unspecified atom stereocenters. The van der Waals surface area contributed by atoms with E-state index in [2.05, 4.69) is 39.9 Å². The molecule has 1 amide bonds. The number of benzene rings is 2. The number of fused-ring (bicyclic) bond motifs is 1. The number of aromatic nitrogens is 1. The largest absolute Gasteiger partial charge is 0.321 e. The van der Waals surface area contributed by atoms with Crippen LogP contribution in [0.4, 0.5) is 5.69 Å². The summed E-state index contributed by atoms with van der Waals surface area (Å²) in [6, 6.07) is 16.3. The zero-order valence-corrected chi connectivity index (χ0v) is 14.6. The van der Waals surface area contributed by atoms with E-state index in [0.29, 0.717) is 5.69 Å². The van der Waals surface area contributed by atoms with Gasteiger partial charge >= 0.3 is 0 Å². The van der Waals surface area contributed by atoms with Crippen molar-refractivity contribution in [1.29, 1.82) is 0 Å². The average Bonchev–Trinajstić information content (AvgIpc) is 3.11. The molecule has 126 valence electrons. The zero-order chi connectivity index (χ0) is 17.1. The number of rotatable bonds is 4. The molecule has 2 N–H and O–H groups in total. The third-order valence-electron chi connectivity index (χ3n) is 4.33. The standard InChI is InChI=1S/C20H19N3OS/c24-20(22-17-7-6-16-12-21-9-8-15(16)11-17)18-13-25-19(23-18)10-14-4-2-1-3-5-14/h1-7,11,13,21H,8-10,12H2,(H,22,24). The molecule has 4 rings (SSSR count). The van der Waals surface area contributed by atoms with Crippen molar-refractivity contribution in [3.8, 4) is 0 Å². The van der Waals surface area contributed by atoms with Gasteiger partial charge in [0.1, 0.15) is 5.69 Å². The van der Waals surface area contributed by atoms with Crippen molar-refractivity contribution < 1.29 is 4.79 Å². The molecule has 0 fully saturated rings. The third kappa shape index (κ3) is 3.78. The van der Waals surface area contributed by atoms with Crippen LogP contribution in [0.1, 0.15) is 32.2 Å². The lowest BCUT2D eigenvalue weighted by molar-refractivity contribution is 0.102. The summed E-state index contributed by atoms with van der Waals surface area (Å²) < 4.78 is 0. The lowest BCUT2D eigenvalue weighted by Gasteiger charge is -2.17. The van der Waals surface area contributed by atoms with Gasteiger partial charge in [0.2, 0.25) is 0 Å². The first kappa shape index (κ1) is 16.0. The number of anilines is 1. The predicted molar refractivity (Wildman–Crippen MR) is 101 cm³/mol. The Bertz CT molecular complexity index is 889. The van der Waals surface area contributed by atoms with Gasteiger partial charge in [-0.25, -0.2) is 4.98 Å². The van der Waals surface area contributed by atoms with Crippen molar-refractivity contribution in [2.75, 3.05) is 11.9 Å². The van der Waals surface area contributed by atoms with Crippen LogP contribution < -0.4 is 10.6 Å². The monoisotopic (exact) mass is 349 g/mol.